The van der Waals surface area contributed by atoms with Crippen LogP contribution in [0, 0.1) is 11.8 Å². The van der Waals surface area contributed by atoms with Gasteiger partial charge in [0.25, 0.3) is 0 Å². The molecule has 0 aromatic heterocycles. The fourth-order valence-electron chi connectivity index (χ4n) is 2.00. The van der Waals surface area contributed by atoms with Crippen molar-refractivity contribution >= 4 is 5.78 Å². The highest BCUT2D eigenvalue weighted by atomic mass is 16.1. The average molecular weight is 138 g/mol. The van der Waals surface area contributed by atoms with Crippen LogP contribution in [-0.2, 0) is 4.79 Å². The highest BCUT2D eigenvalue weighted by Gasteiger charge is 2.33. The summed E-state index contributed by atoms with van der Waals surface area (Å²) in [5, 5.41) is 0. The predicted octanol–water partition coefficient (Wildman–Crippen LogP) is 2.16. The summed E-state index contributed by atoms with van der Waals surface area (Å²) in [6.07, 6.45) is 7.03. The van der Waals surface area contributed by atoms with Crippen LogP contribution in [0.3, 0.4) is 0 Å². The van der Waals surface area contributed by atoms with Gasteiger partial charge in [-0.05, 0) is 37.5 Å². The van der Waals surface area contributed by atoms with Gasteiger partial charge in [-0.1, -0.05) is 0 Å². The van der Waals surface area contributed by atoms with Crippen LogP contribution < -0.4 is 0 Å². The summed E-state index contributed by atoms with van der Waals surface area (Å²) in [7, 11) is 0. The third-order valence-electron chi connectivity index (χ3n) is 2.88. The molecule has 0 N–H and O–H groups in total. The van der Waals surface area contributed by atoms with Crippen LogP contribution in [0.5, 0.6) is 0 Å². The number of ketones is 1. The molecule has 0 heterocycles. The van der Waals surface area contributed by atoms with Crippen LogP contribution in [-0.4, -0.2) is 5.78 Å². The van der Waals surface area contributed by atoms with E-state index in [0.717, 1.165) is 24.7 Å². The summed E-state index contributed by atoms with van der Waals surface area (Å²) >= 11 is 0. The van der Waals surface area contributed by atoms with Gasteiger partial charge >= 0.3 is 0 Å². The normalized spacial score (nSPS) is 29.0. The number of hydrogen-bond donors (Lipinski definition) is 0. The number of carbonyl (C=O) groups excluding carboxylic acids is 1. The quantitative estimate of drug-likeness (QED) is 0.542. The molecule has 2 rings (SSSR count). The summed E-state index contributed by atoms with van der Waals surface area (Å²) < 4.78 is 0. The van der Waals surface area contributed by atoms with E-state index < -0.39 is 0 Å². The second-order valence-corrected chi connectivity index (χ2v) is 3.71. The molecule has 2 aliphatic rings. The van der Waals surface area contributed by atoms with Crippen molar-refractivity contribution in [3.05, 3.63) is 0 Å². The van der Waals surface area contributed by atoms with Crippen molar-refractivity contribution in [3.8, 4) is 0 Å². The summed E-state index contributed by atoms with van der Waals surface area (Å²) in [6.45, 7) is 0. The second kappa shape index (κ2) is 2.37. The number of hydrogen-bond acceptors (Lipinski definition) is 1. The average Bonchev–Trinajstić information content (AvgIpc) is 2.71. The fourth-order valence-corrected chi connectivity index (χ4v) is 2.00. The fraction of sp³-hybridized carbons (Fsp3) is 0.889. The predicted molar refractivity (Wildman–Crippen MR) is 39.7 cm³/mol. The molecule has 0 unspecified atom stereocenters. The SMILES string of the molecule is O=C1CCC(C2CC2)CC1. The van der Waals surface area contributed by atoms with Crippen LogP contribution in [0.25, 0.3) is 0 Å². The van der Waals surface area contributed by atoms with Crippen LogP contribution >= 0.6 is 0 Å². The summed E-state index contributed by atoms with van der Waals surface area (Å²) in [6, 6.07) is 0. The molecule has 0 aliphatic heterocycles. The Morgan fingerprint density at radius 2 is 1.40 bits per heavy atom. The van der Waals surface area contributed by atoms with Gasteiger partial charge in [0.2, 0.25) is 0 Å². The summed E-state index contributed by atoms with van der Waals surface area (Å²) in [5.74, 6) is 2.45. The summed E-state index contributed by atoms with van der Waals surface area (Å²) in [5.41, 5.74) is 0. The molecule has 0 radical (unpaired) electrons. The first-order valence-electron chi connectivity index (χ1n) is 4.38. The van der Waals surface area contributed by atoms with E-state index in [1.807, 2.05) is 0 Å². The van der Waals surface area contributed by atoms with Gasteiger partial charge in [0.15, 0.2) is 0 Å². The first kappa shape index (κ1) is 6.38. The Balaban J connectivity index is 1.84. The van der Waals surface area contributed by atoms with Gasteiger partial charge in [-0.2, -0.15) is 0 Å². The lowest BCUT2D eigenvalue weighted by Crippen LogP contribution is -2.14. The van der Waals surface area contributed by atoms with Gasteiger partial charge in [-0.25, -0.2) is 0 Å². The number of Topliss-reactive ketones (excluding diaryl/α,β-unsaturated/α-hetero) is 1. The minimum Gasteiger partial charge on any atom is -0.300 e. The van der Waals surface area contributed by atoms with Gasteiger partial charge in [-0.3, -0.25) is 4.79 Å². The van der Waals surface area contributed by atoms with E-state index in [9.17, 15) is 4.79 Å². The van der Waals surface area contributed by atoms with Gasteiger partial charge in [0.1, 0.15) is 5.78 Å². The number of rotatable bonds is 1. The zero-order valence-electron chi connectivity index (χ0n) is 6.31. The van der Waals surface area contributed by atoms with E-state index in [1.54, 1.807) is 0 Å². The lowest BCUT2D eigenvalue weighted by atomic mass is 9.85. The molecule has 0 bridgehead atoms. The Hall–Kier alpha value is -0.330. The molecular formula is C9H14O. The van der Waals surface area contributed by atoms with Crippen LogP contribution in [0.1, 0.15) is 38.5 Å². The maximum Gasteiger partial charge on any atom is 0.132 e. The Morgan fingerprint density at radius 1 is 0.900 bits per heavy atom. The van der Waals surface area contributed by atoms with Crippen molar-refractivity contribution in [3.63, 3.8) is 0 Å². The molecule has 1 heteroatoms. The molecule has 2 aliphatic carbocycles. The summed E-state index contributed by atoms with van der Waals surface area (Å²) in [4.78, 5) is 10.9. The Bertz CT molecular complexity index is 137. The molecule has 0 spiro atoms. The van der Waals surface area contributed by atoms with Crippen molar-refractivity contribution in [1.82, 2.24) is 0 Å². The zero-order valence-corrected chi connectivity index (χ0v) is 6.31. The molecule has 0 amide bonds. The van der Waals surface area contributed by atoms with Crippen molar-refractivity contribution in [2.45, 2.75) is 38.5 Å². The van der Waals surface area contributed by atoms with E-state index in [4.69, 9.17) is 0 Å². The van der Waals surface area contributed by atoms with E-state index in [2.05, 4.69) is 0 Å². The molecule has 1 nitrogen and oxygen atoms in total. The van der Waals surface area contributed by atoms with Gasteiger partial charge in [0, 0.05) is 12.8 Å². The van der Waals surface area contributed by atoms with E-state index in [-0.39, 0.29) is 0 Å². The molecule has 0 saturated heterocycles. The minimum absolute atomic E-state index is 0.497. The molecular weight excluding hydrogens is 124 g/mol. The molecule has 0 aromatic rings. The third kappa shape index (κ3) is 1.23. The highest BCUT2D eigenvalue weighted by molar-refractivity contribution is 5.79. The lowest BCUT2D eigenvalue weighted by molar-refractivity contribution is -0.121. The van der Waals surface area contributed by atoms with Crippen LogP contribution in [0.2, 0.25) is 0 Å². The van der Waals surface area contributed by atoms with Gasteiger partial charge < -0.3 is 0 Å². The van der Waals surface area contributed by atoms with E-state index >= 15 is 0 Å². The largest absolute Gasteiger partial charge is 0.300 e. The van der Waals surface area contributed by atoms with Gasteiger partial charge in [-0.15, -0.1) is 0 Å². The molecule has 2 fully saturated rings. The molecule has 0 aromatic carbocycles. The van der Waals surface area contributed by atoms with Gasteiger partial charge in [0.05, 0.1) is 0 Å². The second-order valence-electron chi connectivity index (χ2n) is 3.71. The maximum absolute atomic E-state index is 10.9. The molecule has 10 heavy (non-hydrogen) atoms. The molecule has 56 valence electrons. The topological polar surface area (TPSA) is 17.1 Å². The molecule has 2 saturated carbocycles. The minimum atomic E-state index is 0.497. The maximum atomic E-state index is 10.9. The highest BCUT2D eigenvalue weighted by Crippen LogP contribution is 2.43. The Morgan fingerprint density at radius 3 is 1.90 bits per heavy atom. The van der Waals surface area contributed by atoms with Crippen molar-refractivity contribution < 1.29 is 4.79 Å². The van der Waals surface area contributed by atoms with Crippen molar-refractivity contribution in [1.29, 1.82) is 0 Å². The Kier molecular flexibility index (Phi) is 1.51. The van der Waals surface area contributed by atoms with Crippen molar-refractivity contribution in [2.75, 3.05) is 0 Å². The number of carbonyl (C=O) groups is 1. The third-order valence-corrected chi connectivity index (χ3v) is 2.88. The monoisotopic (exact) mass is 138 g/mol. The molecule has 0 atom stereocenters. The lowest BCUT2D eigenvalue weighted by Gasteiger charge is -2.19. The van der Waals surface area contributed by atoms with Crippen LogP contribution in [0.4, 0.5) is 0 Å². The van der Waals surface area contributed by atoms with E-state index in [1.165, 1.54) is 25.7 Å². The van der Waals surface area contributed by atoms with E-state index in [0.29, 0.717) is 5.78 Å². The van der Waals surface area contributed by atoms with Crippen LogP contribution in [0.15, 0.2) is 0 Å². The van der Waals surface area contributed by atoms with Crippen molar-refractivity contribution in [2.24, 2.45) is 11.8 Å². The Labute approximate surface area is 61.8 Å². The first-order valence-corrected chi connectivity index (χ1v) is 4.38. The standard InChI is InChI=1S/C9H14O/c10-9-5-3-8(4-6-9)7-1-2-7/h7-8H,1-6H2. The zero-order chi connectivity index (χ0) is 6.97. The smallest absolute Gasteiger partial charge is 0.132 e. The first-order chi connectivity index (χ1) is 4.86.